The summed E-state index contributed by atoms with van der Waals surface area (Å²) in [5, 5.41) is 4.36. The van der Waals surface area contributed by atoms with E-state index in [-0.39, 0.29) is 5.97 Å². The fraction of sp³-hybridized carbons (Fsp3) is 0.312. The van der Waals surface area contributed by atoms with Gasteiger partial charge in [-0.05, 0) is 32.9 Å². The molecule has 0 atom stereocenters. The number of carbonyl (C=O) groups is 1. The van der Waals surface area contributed by atoms with Crippen molar-refractivity contribution in [3.63, 3.8) is 0 Å². The zero-order valence-corrected chi connectivity index (χ0v) is 13.4. The molecule has 3 aromatic rings. The molecule has 3 rings (SSSR count). The maximum atomic E-state index is 12.6. The van der Waals surface area contributed by atoms with E-state index in [4.69, 9.17) is 4.84 Å². The second-order valence-electron chi connectivity index (χ2n) is 6.39. The molecule has 0 bridgehead atoms. The summed E-state index contributed by atoms with van der Waals surface area (Å²) in [6.45, 7) is 2.56. The summed E-state index contributed by atoms with van der Waals surface area (Å²) in [5.74, 6) is -0.385. The Morgan fingerprint density at radius 1 is 1.29 bits per heavy atom. The van der Waals surface area contributed by atoms with Crippen molar-refractivity contribution in [2.45, 2.75) is 27.3 Å². The first kappa shape index (κ1) is 16.1. The minimum Gasteiger partial charge on any atom is -0.336 e. The summed E-state index contributed by atoms with van der Waals surface area (Å²) >= 11 is 0. The minimum absolute atomic E-state index is 0.385. The molecule has 0 spiro atoms. The van der Waals surface area contributed by atoms with Crippen LogP contribution >= 0.6 is 0 Å². The van der Waals surface area contributed by atoms with Crippen LogP contribution in [0.2, 0.25) is 0 Å². The van der Waals surface area contributed by atoms with Crippen molar-refractivity contribution >= 4 is 16.9 Å². The molecule has 0 fully saturated rings. The van der Waals surface area contributed by atoms with E-state index in [1.165, 1.54) is 17.1 Å². The molecule has 8 heteroatoms. The van der Waals surface area contributed by atoms with Crippen LogP contribution in [-0.2, 0) is 4.79 Å². The Morgan fingerprint density at radius 2 is 2.04 bits per heavy atom. The average Bonchev–Trinajstić information content (AvgIpc) is 3.13. The van der Waals surface area contributed by atoms with E-state index >= 15 is 0 Å². The van der Waals surface area contributed by atoms with E-state index in [9.17, 15) is 13.6 Å². The van der Waals surface area contributed by atoms with Gasteiger partial charge in [0.25, 0.3) is 0 Å². The van der Waals surface area contributed by atoms with E-state index in [1.807, 2.05) is 0 Å². The molecule has 3 aromatic heterocycles. The Balaban J connectivity index is 1.97. The van der Waals surface area contributed by atoms with Gasteiger partial charge in [0.15, 0.2) is 0 Å². The molecule has 0 saturated carbocycles. The van der Waals surface area contributed by atoms with Gasteiger partial charge in [0.2, 0.25) is 0 Å². The molecule has 0 amide bonds. The number of carbonyl (C=O) groups excluding carboxylic acids is 1. The largest absolute Gasteiger partial charge is 0.338 e. The molecule has 0 aliphatic carbocycles. The standard InChI is InChI=1S/C16H16F2N4O2/c1-16(2,3)14(23)24-22-5-4-10-7-19-12(6-13(10)22)11-8-20-21(9-11)15(17)18/h4-9,15H,1-3H3. The summed E-state index contributed by atoms with van der Waals surface area (Å²) in [4.78, 5) is 21.7. The molecule has 0 unspecified atom stereocenters. The van der Waals surface area contributed by atoms with Crippen molar-refractivity contribution in [1.82, 2.24) is 19.5 Å². The Labute approximate surface area is 136 Å². The molecule has 0 aliphatic rings. The number of halogens is 2. The van der Waals surface area contributed by atoms with Crippen LogP contribution in [0.3, 0.4) is 0 Å². The van der Waals surface area contributed by atoms with Gasteiger partial charge in [-0.25, -0.2) is 9.48 Å². The number of pyridine rings is 1. The fourth-order valence-corrected chi connectivity index (χ4v) is 2.04. The predicted molar refractivity (Wildman–Crippen MR) is 83.2 cm³/mol. The minimum atomic E-state index is -2.71. The molecule has 0 saturated heterocycles. The Kier molecular flexibility index (Phi) is 3.82. The number of rotatable bonds is 3. The van der Waals surface area contributed by atoms with E-state index in [0.29, 0.717) is 21.5 Å². The van der Waals surface area contributed by atoms with Gasteiger partial charge in [0, 0.05) is 29.5 Å². The Bertz CT molecular complexity index is 893. The molecular weight excluding hydrogens is 318 g/mol. The lowest BCUT2D eigenvalue weighted by Gasteiger charge is -2.16. The van der Waals surface area contributed by atoms with Crippen LogP contribution in [0.5, 0.6) is 0 Å². The molecule has 6 nitrogen and oxygen atoms in total. The summed E-state index contributed by atoms with van der Waals surface area (Å²) in [6.07, 6.45) is 5.73. The lowest BCUT2D eigenvalue weighted by molar-refractivity contribution is -0.152. The highest BCUT2D eigenvalue weighted by Gasteiger charge is 2.24. The molecule has 0 N–H and O–H groups in total. The second kappa shape index (κ2) is 5.70. The molecular formula is C16H16F2N4O2. The monoisotopic (exact) mass is 334 g/mol. The highest BCUT2D eigenvalue weighted by molar-refractivity contribution is 5.84. The number of hydrogen-bond acceptors (Lipinski definition) is 4. The van der Waals surface area contributed by atoms with Gasteiger partial charge in [-0.3, -0.25) is 4.98 Å². The van der Waals surface area contributed by atoms with Crippen molar-refractivity contribution in [3.8, 4) is 11.3 Å². The number of hydrogen-bond donors (Lipinski definition) is 0. The highest BCUT2D eigenvalue weighted by Crippen LogP contribution is 2.24. The Morgan fingerprint density at radius 3 is 2.67 bits per heavy atom. The smallest absolute Gasteiger partial charge is 0.336 e. The number of fused-ring (bicyclic) bond motifs is 1. The van der Waals surface area contributed by atoms with Crippen molar-refractivity contribution in [2.75, 3.05) is 0 Å². The average molecular weight is 334 g/mol. The van der Waals surface area contributed by atoms with Crippen LogP contribution in [0.4, 0.5) is 8.78 Å². The van der Waals surface area contributed by atoms with Crippen LogP contribution in [0.1, 0.15) is 27.3 Å². The molecule has 24 heavy (non-hydrogen) atoms. The first-order chi connectivity index (χ1) is 11.3. The van der Waals surface area contributed by atoms with E-state index < -0.39 is 12.0 Å². The molecule has 3 heterocycles. The number of nitrogens with zero attached hydrogens (tertiary/aromatic N) is 4. The van der Waals surface area contributed by atoms with Gasteiger partial charge in [-0.15, -0.1) is 0 Å². The maximum absolute atomic E-state index is 12.6. The second-order valence-corrected chi connectivity index (χ2v) is 6.39. The summed E-state index contributed by atoms with van der Waals surface area (Å²) in [7, 11) is 0. The lowest BCUT2D eigenvalue weighted by Crippen LogP contribution is -2.30. The first-order valence-electron chi connectivity index (χ1n) is 7.28. The van der Waals surface area contributed by atoms with Gasteiger partial charge in [-0.2, -0.15) is 18.6 Å². The number of aromatic nitrogens is 4. The summed E-state index contributed by atoms with van der Waals surface area (Å²) in [5.41, 5.74) is 0.876. The van der Waals surface area contributed by atoms with E-state index in [1.54, 1.807) is 45.3 Å². The molecule has 0 radical (unpaired) electrons. The predicted octanol–water partition coefficient (Wildman–Crippen LogP) is 3.30. The van der Waals surface area contributed by atoms with Crippen LogP contribution in [0, 0.1) is 5.41 Å². The quantitative estimate of drug-likeness (QED) is 0.737. The first-order valence-corrected chi connectivity index (χ1v) is 7.28. The van der Waals surface area contributed by atoms with Crippen molar-refractivity contribution in [3.05, 3.63) is 36.9 Å². The summed E-state index contributed by atoms with van der Waals surface area (Å²) < 4.78 is 27.2. The summed E-state index contributed by atoms with van der Waals surface area (Å²) in [6, 6.07) is 3.42. The topological polar surface area (TPSA) is 61.9 Å². The highest BCUT2D eigenvalue weighted by atomic mass is 19.3. The van der Waals surface area contributed by atoms with Gasteiger partial charge in [0.1, 0.15) is 0 Å². The SMILES string of the molecule is CC(C)(C)C(=O)On1ccc2cnc(-c3cnn(C(F)F)c3)cc21. The van der Waals surface area contributed by atoms with Crippen molar-refractivity contribution < 1.29 is 18.4 Å². The molecule has 0 aliphatic heterocycles. The van der Waals surface area contributed by atoms with Crippen molar-refractivity contribution in [1.29, 1.82) is 0 Å². The van der Waals surface area contributed by atoms with E-state index in [0.717, 1.165) is 5.39 Å². The zero-order chi connectivity index (χ0) is 17.5. The fourth-order valence-electron chi connectivity index (χ4n) is 2.04. The molecule has 126 valence electrons. The van der Waals surface area contributed by atoms with Gasteiger partial charge in [0.05, 0.1) is 22.8 Å². The maximum Gasteiger partial charge on any atom is 0.338 e. The van der Waals surface area contributed by atoms with Crippen LogP contribution < -0.4 is 4.84 Å². The molecule has 0 aromatic carbocycles. The Hall–Kier alpha value is -2.77. The van der Waals surface area contributed by atoms with E-state index in [2.05, 4.69) is 10.1 Å². The third-order valence-corrected chi connectivity index (χ3v) is 3.43. The van der Waals surface area contributed by atoms with Crippen molar-refractivity contribution in [2.24, 2.45) is 5.41 Å². The van der Waals surface area contributed by atoms with Crippen LogP contribution in [-0.4, -0.2) is 25.5 Å². The zero-order valence-electron chi connectivity index (χ0n) is 13.4. The number of alkyl halides is 2. The van der Waals surface area contributed by atoms with Gasteiger partial charge < -0.3 is 4.84 Å². The third kappa shape index (κ3) is 2.99. The third-order valence-electron chi connectivity index (χ3n) is 3.43. The van der Waals surface area contributed by atoms with Crippen LogP contribution in [0.25, 0.3) is 22.2 Å². The van der Waals surface area contributed by atoms with Gasteiger partial charge >= 0.3 is 12.5 Å². The van der Waals surface area contributed by atoms with Gasteiger partial charge in [-0.1, -0.05) is 0 Å². The lowest BCUT2D eigenvalue weighted by atomic mass is 9.98. The normalized spacial score (nSPS) is 12.1. The van der Waals surface area contributed by atoms with Crippen LogP contribution in [0.15, 0.2) is 36.9 Å².